The zero-order valence-electron chi connectivity index (χ0n) is 12.2. The number of nitrogens with zero attached hydrogens (tertiary/aromatic N) is 4. The van der Waals surface area contributed by atoms with E-state index in [4.69, 9.17) is 5.26 Å². The fraction of sp³-hybridized carbons (Fsp3) is 0.286. The Morgan fingerprint density at radius 1 is 1.48 bits per heavy atom. The first-order chi connectivity index (χ1) is 11.2. The Morgan fingerprint density at radius 2 is 2.26 bits per heavy atom. The summed E-state index contributed by atoms with van der Waals surface area (Å²) in [5, 5.41) is 13.6. The molecule has 0 saturated carbocycles. The summed E-state index contributed by atoms with van der Waals surface area (Å²) in [7, 11) is 0. The second kappa shape index (κ2) is 7.11. The zero-order chi connectivity index (χ0) is 16.2. The first-order valence-electron chi connectivity index (χ1n) is 7.18. The van der Waals surface area contributed by atoms with Gasteiger partial charge >= 0.3 is 0 Å². The number of nitriles is 1. The molecule has 116 valence electrons. The highest BCUT2D eigenvalue weighted by Gasteiger charge is 2.24. The SMILES string of the molecule is N#CB1CCN(c2ccncc2NC(=O)c2csc(Br)n2)CC1. The van der Waals surface area contributed by atoms with Gasteiger partial charge in [-0.15, -0.1) is 11.3 Å². The maximum absolute atomic E-state index is 12.3. The van der Waals surface area contributed by atoms with Crippen molar-refractivity contribution in [2.24, 2.45) is 0 Å². The maximum atomic E-state index is 12.3. The molecule has 1 saturated heterocycles. The molecule has 9 heteroatoms. The van der Waals surface area contributed by atoms with E-state index in [2.05, 4.69) is 42.1 Å². The highest BCUT2D eigenvalue weighted by Crippen LogP contribution is 2.28. The van der Waals surface area contributed by atoms with Crippen LogP contribution in [0.2, 0.25) is 12.6 Å². The summed E-state index contributed by atoms with van der Waals surface area (Å²) in [6.45, 7) is 1.72. The van der Waals surface area contributed by atoms with E-state index in [0.717, 1.165) is 31.4 Å². The van der Waals surface area contributed by atoms with Crippen LogP contribution in [0.1, 0.15) is 10.5 Å². The lowest BCUT2D eigenvalue weighted by atomic mass is 9.45. The summed E-state index contributed by atoms with van der Waals surface area (Å²) in [6, 6.07) is 1.89. The number of thiazole rings is 1. The Labute approximate surface area is 146 Å². The number of amides is 1. The van der Waals surface area contributed by atoms with Gasteiger partial charge in [-0.2, -0.15) is 0 Å². The van der Waals surface area contributed by atoms with Crippen molar-refractivity contribution in [3.63, 3.8) is 0 Å². The van der Waals surface area contributed by atoms with Crippen LogP contribution in [0.15, 0.2) is 27.8 Å². The van der Waals surface area contributed by atoms with E-state index in [1.54, 1.807) is 17.8 Å². The van der Waals surface area contributed by atoms with Gasteiger partial charge in [0.25, 0.3) is 12.6 Å². The van der Waals surface area contributed by atoms with E-state index in [9.17, 15) is 4.79 Å². The standard InChI is InChI=1S/C14H13BBrN5OS/c16-14-20-11(8-23-14)13(22)19-10-7-18-4-1-12(10)21-5-2-15(9-17)3-6-21/h1,4,7-8H,2-3,5-6H2,(H,19,22). The predicted molar refractivity (Wildman–Crippen MR) is 95.2 cm³/mol. The normalized spacial score (nSPS) is 14.4. The second-order valence-electron chi connectivity index (χ2n) is 5.22. The molecule has 0 unspecified atom stereocenters. The molecule has 2 aromatic rings. The van der Waals surface area contributed by atoms with E-state index < -0.39 is 0 Å². The second-order valence-corrected chi connectivity index (χ2v) is 7.36. The first-order valence-corrected chi connectivity index (χ1v) is 8.85. The Bertz CT molecular complexity index is 754. The molecule has 0 aromatic carbocycles. The van der Waals surface area contributed by atoms with E-state index in [0.29, 0.717) is 15.3 Å². The van der Waals surface area contributed by atoms with Gasteiger partial charge in [0.05, 0.1) is 17.6 Å². The number of hydrogen-bond acceptors (Lipinski definition) is 6. The molecule has 3 heterocycles. The van der Waals surface area contributed by atoms with Crippen LogP contribution in [0.3, 0.4) is 0 Å². The monoisotopic (exact) mass is 389 g/mol. The molecule has 1 aliphatic rings. The van der Waals surface area contributed by atoms with Gasteiger partial charge < -0.3 is 10.2 Å². The third-order valence-electron chi connectivity index (χ3n) is 3.77. The minimum atomic E-state index is -0.256. The Morgan fingerprint density at radius 3 is 2.91 bits per heavy atom. The van der Waals surface area contributed by atoms with E-state index in [-0.39, 0.29) is 12.6 Å². The van der Waals surface area contributed by atoms with Crippen LogP contribution in [0.5, 0.6) is 0 Å². The third kappa shape index (κ3) is 3.71. The van der Waals surface area contributed by atoms with Crippen LogP contribution in [0.4, 0.5) is 11.4 Å². The largest absolute Gasteiger partial charge is 0.371 e. The number of hydrogen-bond donors (Lipinski definition) is 1. The molecule has 3 rings (SSSR count). The summed E-state index contributed by atoms with van der Waals surface area (Å²) in [5.74, 6) is 2.07. The molecule has 2 aromatic heterocycles. The molecule has 0 atom stereocenters. The zero-order valence-corrected chi connectivity index (χ0v) is 14.6. The lowest BCUT2D eigenvalue weighted by molar-refractivity contribution is 0.102. The van der Waals surface area contributed by atoms with Gasteiger partial charge in [-0.25, -0.2) is 10.2 Å². The summed E-state index contributed by atoms with van der Waals surface area (Å²) in [5.41, 5.74) is 1.97. The first kappa shape index (κ1) is 16.0. The number of carbonyl (C=O) groups is 1. The number of rotatable bonds is 3. The van der Waals surface area contributed by atoms with E-state index in [1.165, 1.54) is 11.3 Å². The van der Waals surface area contributed by atoms with E-state index in [1.807, 2.05) is 6.07 Å². The fourth-order valence-corrected chi connectivity index (χ4v) is 3.54. The summed E-state index contributed by atoms with van der Waals surface area (Å²) < 4.78 is 0.674. The third-order valence-corrected chi connectivity index (χ3v) is 5.14. The molecule has 0 aliphatic carbocycles. The van der Waals surface area contributed by atoms with Crippen molar-refractivity contribution in [1.82, 2.24) is 9.97 Å². The van der Waals surface area contributed by atoms with Crippen LogP contribution >= 0.6 is 27.3 Å². The molecule has 1 N–H and O–H groups in total. The summed E-state index contributed by atoms with van der Waals surface area (Å²) >= 11 is 4.62. The van der Waals surface area contributed by atoms with Crippen LogP contribution in [-0.2, 0) is 0 Å². The van der Waals surface area contributed by atoms with E-state index >= 15 is 0 Å². The number of pyridine rings is 1. The van der Waals surface area contributed by atoms with Gasteiger partial charge in [0.2, 0.25) is 0 Å². The Balaban J connectivity index is 1.76. The maximum Gasteiger partial charge on any atom is 0.275 e. The molecule has 1 fully saturated rings. The molecule has 1 amide bonds. The van der Waals surface area contributed by atoms with Crippen molar-refractivity contribution < 1.29 is 4.79 Å². The van der Waals surface area contributed by atoms with Crippen LogP contribution < -0.4 is 10.2 Å². The van der Waals surface area contributed by atoms with Crippen LogP contribution in [-0.4, -0.2) is 35.7 Å². The topological polar surface area (TPSA) is 81.9 Å². The lowest BCUT2D eigenvalue weighted by Crippen LogP contribution is -2.37. The smallest absolute Gasteiger partial charge is 0.275 e. The Kier molecular flexibility index (Phi) is 4.93. The van der Waals surface area contributed by atoms with Gasteiger partial charge in [0.1, 0.15) is 5.69 Å². The summed E-state index contributed by atoms with van der Waals surface area (Å²) in [6.07, 6.45) is 5.03. The quantitative estimate of drug-likeness (QED) is 0.816. The number of carbonyl (C=O) groups excluding carboxylic acids is 1. The van der Waals surface area contributed by atoms with Crippen LogP contribution in [0, 0.1) is 11.2 Å². The number of nitrogens with one attached hydrogen (secondary N) is 1. The van der Waals surface area contributed by atoms with Gasteiger partial charge in [-0.05, 0) is 34.6 Å². The summed E-state index contributed by atoms with van der Waals surface area (Å²) in [4.78, 5) is 22.7. The molecule has 6 nitrogen and oxygen atoms in total. The average Bonchev–Trinajstić information content (AvgIpc) is 3.02. The number of halogens is 1. The molecule has 0 bridgehead atoms. The molecular weight excluding hydrogens is 377 g/mol. The fourth-order valence-electron chi connectivity index (χ4n) is 2.55. The molecule has 1 aliphatic heterocycles. The van der Waals surface area contributed by atoms with Gasteiger partial charge in [0.15, 0.2) is 3.92 Å². The minimum absolute atomic E-state index is 0.124. The van der Waals surface area contributed by atoms with Crippen molar-refractivity contribution in [2.45, 2.75) is 12.6 Å². The van der Waals surface area contributed by atoms with Crippen molar-refractivity contribution in [2.75, 3.05) is 23.3 Å². The number of anilines is 2. The highest BCUT2D eigenvalue weighted by molar-refractivity contribution is 9.11. The Hall–Kier alpha value is -1.92. The van der Waals surface area contributed by atoms with Gasteiger partial charge in [-0.3, -0.25) is 9.78 Å². The van der Waals surface area contributed by atoms with Gasteiger partial charge in [-0.1, -0.05) is 0 Å². The molecular formula is C14H13BBrN5OS. The van der Waals surface area contributed by atoms with Crippen molar-refractivity contribution in [3.05, 3.63) is 33.5 Å². The average molecular weight is 390 g/mol. The van der Waals surface area contributed by atoms with Crippen molar-refractivity contribution in [3.8, 4) is 5.97 Å². The minimum Gasteiger partial charge on any atom is -0.371 e. The molecule has 23 heavy (non-hydrogen) atoms. The lowest BCUT2D eigenvalue weighted by Gasteiger charge is -2.31. The van der Waals surface area contributed by atoms with Crippen molar-refractivity contribution in [1.29, 1.82) is 5.26 Å². The molecule has 0 spiro atoms. The highest BCUT2D eigenvalue weighted by atomic mass is 79.9. The van der Waals surface area contributed by atoms with Crippen LogP contribution in [0.25, 0.3) is 0 Å². The van der Waals surface area contributed by atoms with Gasteiger partial charge in [0, 0.05) is 30.6 Å². The van der Waals surface area contributed by atoms with Crippen molar-refractivity contribution >= 4 is 51.3 Å². The predicted octanol–water partition coefficient (Wildman–Crippen LogP) is 2.93. The molecule has 0 radical (unpaired) electrons. The number of aromatic nitrogens is 2.